The van der Waals surface area contributed by atoms with Gasteiger partial charge in [-0.2, -0.15) is 0 Å². The van der Waals surface area contributed by atoms with E-state index in [1.807, 2.05) is 0 Å². The Labute approximate surface area is 137 Å². The molecule has 1 rings (SSSR count). The van der Waals surface area contributed by atoms with Crippen molar-refractivity contribution in [3.8, 4) is 0 Å². The van der Waals surface area contributed by atoms with Gasteiger partial charge in [0, 0.05) is 25.4 Å². The van der Waals surface area contributed by atoms with Gasteiger partial charge in [0.05, 0.1) is 6.04 Å². The fraction of sp³-hybridized carbons (Fsp3) is 0.812. The van der Waals surface area contributed by atoms with Crippen LogP contribution in [0.25, 0.3) is 0 Å². The van der Waals surface area contributed by atoms with Crippen molar-refractivity contribution in [2.75, 3.05) is 13.1 Å². The summed E-state index contributed by atoms with van der Waals surface area (Å²) in [7, 11) is 0. The van der Waals surface area contributed by atoms with E-state index in [9.17, 15) is 19.5 Å². The Morgan fingerprint density at radius 1 is 1.35 bits per heavy atom. The summed E-state index contributed by atoms with van der Waals surface area (Å²) in [6, 6.07) is -0.746. The number of unbranched alkanes of at least 4 members (excludes halogenated alkanes) is 2. The zero-order chi connectivity index (χ0) is 17.2. The van der Waals surface area contributed by atoms with Gasteiger partial charge in [-0.05, 0) is 26.2 Å². The van der Waals surface area contributed by atoms with Crippen LogP contribution in [-0.4, -0.2) is 48.1 Å². The van der Waals surface area contributed by atoms with Crippen LogP contribution in [0, 0.1) is 5.92 Å². The van der Waals surface area contributed by atoms with E-state index in [0.717, 1.165) is 19.3 Å². The van der Waals surface area contributed by atoms with E-state index >= 15 is 0 Å². The van der Waals surface area contributed by atoms with Crippen molar-refractivity contribution in [2.45, 2.75) is 64.5 Å². The molecule has 3 atom stereocenters. The number of amides is 3. The second kappa shape index (κ2) is 10.2. The van der Waals surface area contributed by atoms with Gasteiger partial charge in [-0.3, -0.25) is 14.4 Å². The second-order valence-corrected chi connectivity index (χ2v) is 5.98. The number of nitrogens with one attached hydrogen (secondary N) is 3. The minimum absolute atomic E-state index is 0.0849. The van der Waals surface area contributed by atoms with E-state index in [2.05, 4.69) is 22.9 Å². The van der Waals surface area contributed by atoms with E-state index in [4.69, 9.17) is 0 Å². The smallest absolute Gasteiger partial charge is 0.250 e. The Balaban J connectivity index is 2.64. The highest BCUT2D eigenvalue weighted by atomic mass is 16.3. The molecule has 0 saturated carbocycles. The van der Waals surface area contributed by atoms with Crippen molar-refractivity contribution in [2.24, 2.45) is 5.92 Å². The SMILES string of the molecule is CCCCCC(=O)N[C@@H](C[C@@H]1CCNC1=O)C(O)C(=O)NCC. The maximum absolute atomic E-state index is 12.0. The lowest BCUT2D eigenvalue weighted by Crippen LogP contribution is -2.51. The number of aliphatic hydroxyl groups is 1. The van der Waals surface area contributed by atoms with Crippen molar-refractivity contribution in [1.82, 2.24) is 16.0 Å². The molecule has 1 fully saturated rings. The van der Waals surface area contributed by atoms with Crippen LogP contribution < -0.4 is 16.0 Å². The lowest BCUT2D eigenvalue weighted by Gasteiger charge is -2.25. The average molecular weight is 327 g/mol. The molecule has 1 aliphatic rings. The number of hydrogen-bond acceptors (Lipinski definition) is 4. The first kappa shape index (κ1) is 19.4. The average Bonchev–Trinajstić information content (AvgIpc) is 2.91. The molecular formula is C16H29N3O4. The molecule has 132 valence electrons. The normalized spacial score (nSPS) is 19.8. The Bertz CT molecular complexity index is 414. The Morgan fingerprint density at radius 3 is 2.65 bits per heavy atom. The first-order valence-electron chi connectivity index (χ1n) is 8.52. The van der Waals surface area contributed by atoms with Gasteiger partial charge in [0.15, 0.2) is 6.10 Å². The largest absolute Gasteiger partial charge is 0.381 e. The van der Waals surface area contributed by atoms with Gasteiger partial charge in [0.1, 0.15) is 0 Å². The summed E-state index contributed by atoms with van der Waals surface area (Å²) in [6.45, 7) is 4.81. The minimum Gasteiger partial charge on any atom is -0.381 e. The fourth-order valence-corrected chi connectivity index (χ4v) is 2.72. The summed E-state index contributed by atoms with van der Waals surface area (Å²) in [5.74, 6) is -1.08. The van der Waals surface area contributed by atoms with Gasteiger partial charge in [-0.25, -0.2) is 0 Å². The van der Waals surface area contributed by atoms with Gasteiger partial charge in [0.2, 0.25) is 11.8 Å². The second-order valence-electron chi connectivity index (χ2n) is 5.98. The molecule has 0 spiro atoms. The summed E-state index contributed by atoms with van der Waals surface area (Å²) < 4.78 is 0. The maximum Gasteiger partial charge on any atom is 0.250 e. The standard InChI is InChI=1S/C16H29N3O4/c1-3-5-6-7-13(20)19-12(14(21)16(23)17-4-2)10-11-8-9-18-15(11)22/h11-12,14,21H,3-10H2,1-2H3,(H,17,23)(H,18,22)(H,19,20)/t11-,12-,14?/m0/s1. The zero-order valence-corrected chi connectivity index (χ0v) is 14.1. The van der Waals surface area contributed by atoms with Crippen LogP contribution in [0.2, 0.25) is 0 Å². The number of likely N-dealkylation sites (N-methyl/N-ethyl adjacent to an activating group) is 1. The Morgan fingerprint density at radius 2 is 2.09 bits per heavy atom. The molecule has 0 radical (unpaired) electrons. The summed E-state index contributed by atoms with van der Waals surface area (Å²) in [6.07, 6.45) is 2.69. The van der Waals surface area contributed by atoms with Gasteiger partial charge >= 0.3 is 0 Å². The van der Waals surface area contributed by atoms with Crippen LogP contribution in [0.15, 0.2) is 0 Å². The molecule has 1 heterocycles. The molecule has 0 aromatic rings. The molecule has 23 heavy (non-hydrogen) atoms. The van der Waals surface area contributed by atoms with E-state index in [1.165, 1.54) is 0 Å². The molecule has 0 bridgehead atoms. The van der Waals surface area contributed by atoms with Crippen LogP contribution in [0.5, 0.6) is 0 Å². The summed E-state index contributed by atoms with van der Waals surface area (Å²) in [5, 5.41) is 18.2. The minimum atomic E-state index is -1.35. The molecule has 1 aliphatic heterocycles. The molecule has 1 saturated heterocycles. The molecule has 0 aliphatic carbocycles. The molecule has 7 heteroatoms. The number of hydrogen-bond donors (Lipinski definition) is 4. The number of aliphatic hydroxyl groups excluding tert-OH is 1. The van der Waals surface area contributed by atoms with Gasteiger partial charge in [-0.1, -0.05) is 19.8 Å². The fourth-order valence-electron chi connectivity index (χ4n) is 2.72. The lowest BCUT2D eigenvalue weighted by atomic mass is 9.94. The third-order valence-electron chi connectivity index (χ3n) is 4.06. The van der Waals surface area contributed by atoms with Gasteiger partial charge in [0.25, 0.3) is 5.91 Å². The Hall–Kier alpha value is -1.63. The lowest BCUT2D eigenvalue weighted by molar-refractivity contribution is -0.133. The van der Waals surface area contributed by atoms with Crippen LogP contribution in [0.3, 0.4) is 0 Å². The van der Waals surface area contributed by atoms with E-state index in [0.29, 0.717) is 25.9 Å². The van der Waals surface area contributed by atoms with Crippen molar-refractivity contribution < 1.29 is 19.5 Å². The summed E-state index contributed by atoms with van der Waals surface area (Å²) in [5.41, 5.74) is 0. The number of carbonyl (C=O) groups is 3. The first-order valence-corrected chi connectivity index (χ1v) is 8.52. The van der Waals surface area contributed by atoms with Gasteiger partial charge < -0.3 is 21.1 Å². The Kier molecular flexibility index (Phi) is 8.61. The number of rotatable bonds is 10. The maximum atomic E-state index is 12.0. The highest BCUT2D eigenvalue weighted by Gasteiger charge is 2.33. The van der Waals surface area contributed by atoms with Gasteiger partial charge in [-0.15, -0.1) is 0 Å². The van der Waals surface area contributed by atoms with Crippen molar-refractivity contribution in [3.63, 3.8) is 0 Å². The van der Waals surface area contributed by atoms with Crippen molar-refractivity contribution in [1.29, 1.82) is 0 Å². The zero-order valence-electron chi connectivity index (χ0n) is 14.1. The monoisotopic (exact) mass is 327 g/mol. The molecule has 7 nitrogen and oxygen atoms in total. The van der Waals surface area contributed by atoms with Crippen LogP contribution in [0.4, 0.5) is 0 Å². The summed E-state index contributed by atoms with van der Waals surface area (Å²) in [4.78, 5) is 35.6. The molecule has 0 aromatic heterocycles. The highest BCUT2D eigenvalue weighted by Crippen LogP contribution is 2.18. The van der Waals surface area contributed by atoms with Crippen LogP contribution >= 0.6 is 0 Å². The number of carbonyl (C=O) groups excluding carboxylic acids is 3. The van der Waals surface area contributed by atoms with Crippen molar-refractivity contribution >= 4 is 17.7 Å². The molecular weight excluding hydrogens is 298 g/mol. The van der Waals surface area contributed by atoms with E-state index < -0.39 is 18.1 Å². The predicted molar refractivity (Wildman–Crippen MR) is 86.5 cm³/mol. The third-order valence-corrected chi connectivity index (χ3v) is 4.06. The predicted octanol–water partition coefficient (Wildman–Crippen LogP) is 0.0747. The molecule has 4 N–H and O–H groups in total. The molecule has 1 unspecified atom stereocenters. The van der Waals surface area contributed by atoms with E-state index in [1.54, 1.807) is 6.92 Å². The summed E-state index contributed by atoms with van der Waals surface area (Å²) >= 11 is 0. The third kappa shape index (κ3) is 6.56. The molecule has 0 aromatic carbocycles. The van der Waals surface area contributed by atoms with Crippen LogP contribution in [-0.2, 0) is 14.4 Å². The topological polar surface area (TPSA) is 108 Å². The highest BCUT2D eigenvalue weighted by molar-refractivity contribution is 5.84. The quantitative estimate of drug-likeness (QED) is 0.426. The first-order chi connectivity index (χ1) is 11.0. The molecule has 3 amide bonds. The van der Waals surface area contributed by atoms with Crippen molar-refractivity contribution in [3.05, 3.63) is 0 Å². The van der Waals surface area contributed by atoms with Crippen LogP contribution in [0.1, 0.15) is 52.4 Å². The van der Waals surface area contributed by atoms with E-state index in [-0.39, 0.29) is 24.2 Å².